The molecule has 1 aromatic heterocycles. The van der Waals surface area contributed by atoms with E-state index in [2.05, 4.69) is 202 Å². The molecule has 3 nitrogen and oxygen atoms in total. The first-order chi connectivity index (χ1) is 28.5. The van der Waals surface area contributed by atoms with Crippen LogP contribution in [0.15, 0.2) is 76.4 Å². The van der Waals surface area contributed by atoms with Gasteiger partial charge in [0.05, 0.1) is 11.3 Å². The van der Waals surface area contributed by atoms with E-state index in [1.165, 1.54) is 97.1 Å². The Labute approximate surface area is 376 Å². The molecule has 4 heteroatoms. The maximum Gasteiger partial charge on any atom is 0.297 e. The van der Waals surface area contributed by atoms with Gasteiger partial charge in [0.2, 0.25) is 0 Å². The predicted octanol–water partition coefficient (Wildman–Crippen LogP) is 14.5. The Balaban J connectivity index is 1.46. The molecule has 2 atom stereocenters. The van der Waals surface area contributed by atoms with Gasteiger partial charge in [0.1, 0.15) is 5.76 Å². The van der Waals surface area contributed by atoms with Gasteiger partial charge >= 0.3 is 0 Å². The summed E-state index contributed by atoms with van der Waals surface area (Å²) in [6, 6.07) is 20.0. The zero-order chi connectivity index (χ0) is 45.2. The van der Waals surface area contributed by atoms with Gasteiger partial charge in [-0.25, -0.2) is 0 Å². The van der Waals surface area contributed by atoms with Crippen LogP contribution >= 0.6 is 0 Å². The van der Waals surface area contributed by atoms with E-state index in [1.54, 1.807) is 0 Å². The van der Waals surface area contributed by atoms with E-state index in [9.17, 15) is 0 Å². The molecule has 0 bridgehead atoms. The van der Waals surface area contributed by atoms with Crippen molar-refractivity contribution >= 4 is 51.7 Å². The lowest BCUT2D eigenvalue weighted by Gasteiger charge is -2.49. The molecule has 0 fully saturated rings. The van der Waals surface area contributed by atoms with Gasteiger partial charge in [-0.15, -0.1) is 0 Å². The fraction of sp³-hybridized carbons (Fsp3) is 0.552. The van der Waals surface area contributed by atoms with Crippen LogP contribution in [0.3, 0.4) is 0 Å². The summed E-state index contributed by atoms with van der Waals surface area (Å²) < 4.78 is 7.74. The normalized spacial score (nSPS) is 23.1. The molecule has 62 heavy (non-hydrogen) atoms. The molecule has 3 aliphatic carbocycles. The van der Waals surface area contributed by atoms with Gasteiger partial charge in [-0.1, -0.05) is 161 Å². The summed E-state index contributed by atoms with van der Waals surface area (Å²) in [6.45, 7) is 45.9. The second kappa shape index (κ2) is 13.3. The number of hydrogen-bond donors (Lipinski definition) is 0. The van der Waals surface area contributed by atoms with Crippen LogP contribution in [0.5, 0.6) is 0 Å². The monoisotopic (exact) mass is 829 g/mol. The number of hydrogen-bond acceptors (Lipinski definition) is 3. The number of fused-ring (bicyclic) bond motifs is 7. The molecule has 328 valence electrons. The van der Waals surface area contributed by atoms with Gasteiger partial charge in [0, 0.05) is 45.3 Å². The maximum absolute atomic E-state index is 7.74. The van der Waals surface area contributed by atoms with Crippen LogP contribution < -0.4 is 26.4 Å². The fourth-order valence-electron chi connectivity index (χ4n) is 12.1. The van der Waals surface area contributed by atoms with Crippen LogP contribution in [-0.4, -0.2) is 6.71 Å². The van der Waals surface area contributed by atoms with Crippen LogP contribution in [0.4, 0.5) is 28.4 Å². The molecular formula is C58H77BN2O. The topological polar surface area (TPSA) is 19.6 Å². The van der Waals surface area contributed by atoms with Crippen LogP contribution in [0.1, 0.15) is 191 Å². The lowest BCUT2D eigenvalue weighted by Crippen LogP contribution is -2.62. The minimum absolute atomic E-state index is 0.0529. The van der Waals surface area contributed by atoms with E-state index >= 15 is 0 Å². The maximum atomic E-state index is 7.74. The third-order valence-corrected chi connectivity index (χ3v) is 16.6. The van der Waals surface area contributed by atoms with E-state index in [1.807, 2.05) is 0 Å². The van der Waals surface area contributed by atoms with Gasteiger partial charge in [0.15, 0.2) is 0 Å². The van der Waals surface area contributed by atoms with E-state index in [0.717, 1.165) is 18.5 Å². The number of rotatable bonds is 2. The summed E-state index contributed by atoms with van der Waals surface area (Å²) in [5, 5.41) is 0. The first-order valence-corrected chi connectivity index (χ1v) is 24.1. The molecule has 4 aromatic rings. The second-order valence-electron chi connectivity index (χ2n) is 26.1. The molecular weight excluding hydrogens is 751 g/mol. The smallest absolute Gasteiger partial charge is 0.297 e. The average Bonchev–Trinajstić information content (AvgIpc) is 3.58. The molecule has 0 saturated heterocycles. The largest absolute Gasteiger partial charge is 0.472 e. The third-order valence-electron chi connectivity index (χ3n) is 16.6. The quantitative estimate of drug-likeness (QED) is 0.165. The van der Waals surface area contributed by atoms with Gasteiger partial charge in [-0.2, -0.15) is 0 Å². The van der Waals surface area contributed by atoms with Gasteiger partial charge in [-0.05, 0) is 134 Å². The number of allylic oxidation sites excluding steroid dienone is 4. The van der Waals surface area contributed by atoms with E-state index < -0.39 is 0 Å². The highest BCUT2D eigenvalue weighted by atomic mass is 16.3. The molecule has 1 unspecified atom stereocenters. The Hall–Kier alpha value is -3.92. The van der Waals surface area contributed by atoms with Crippen LogP contribution in [0.25, 0.3) is 0 Å². The molecule has 0 amide bonds. The number of anilines is 5. The van der Waals surface area contributed by atoms with Crippen molar-refractivity contribution in [2.75, 3.05) is 9.80 Å². The number of furan rings is 1. The molecule has 3 heterocycles. The zero-order valence-electron chi connectivity index (χ0n) is 42.1. The van der Waals surface area contributed by atoms with Crippen molar-refractivity contribution in [3.05, 3.63) is 106 Å². The highest BCUT2D eigenvalue weighted by molar-refractivity contribution is 6.99. The molecule has 3 aromatic carbocycles. The standard InChI is InChI=1S/C58H77BN2O/c1-34-35(2)43(25-24-39(34)54(9,10)11)61-44-33-41-40(55(12,13)26-27-56(41,14)15)32-42(44)59-48-45(30-37(31-46(48)61)53(6,7)8)60(38-22-20-36(21-23-38)52(3,4)5)49-47-50(62-51(49)59)58(18,19)29-28-57(47,16)17/h20-25,30-35H,26-29H2,1-19H3/t34?,35-/m0/s1. The van der Waals surface area contributed by atoms with E-state index in [0.29, 0.717) is 11.8 Å². The Morgan fingerprint density at radius 1 is 0.565 bits per heavy atom. The lowest BCUT2D eigenvalue weighted by molar-refractivity contribution is 0.282. The highest BCUT2D eigenvalue weighted by Gasteiger charge is 2.54. The summed E-state index contributed by atoms with van der Waals surface area (Å²) in [4.78, 5) is 5.41. The van der Waals surface area contributed by atoms with E-state index in [-0.39, 0.29) is 44.6 Å². The summed E-state index contributed by atoms with van der Waals surface area (Å²) in [5.41, 5.74) is 20.4. The van der Waals surface area contributed by atoms with Crippen LogP contribution in [0.2, 0.25) is 0 Å². The number of benzene rings is 3. The SMILES string of the molecule is CC1C(C(C)(C)C)=CC=C(N2c3cc4c(cc3B3c5oc6c(c5N(c5ccc(C(C)(C)C)cc5)c5cc(C(C)(C)C)cc2c53)C(C)(C)CCC6(C)C)C(C)(C)CCC4(C)C)[C@H]1C. The molecule has 0 N–H and O–H groups in total. The summed E-state index contributed by atoms with van der Waals surface area (Å²) in [6.07, 6.45) is 9.55. The van der Waals surface area contributed by atoms with Gasteiger partial charge in [-0.3, -0.25) is 0 Å². The molecule has 0 spiro atoms. The number of nitrogens with zero attached hydrogens (tertiary/aromatic N) is 2. The predicted molar refractivity (Wildman–Crippen MR) is 269 cm³/mol. The molecule has 0 saturated carbocycles. The second-order valence-corrected chi connectivity index (χ2v) is 26.1. The van der Waals surface area contributed by atoms with Gasteiger partial charge in [0.25, 0.3) is 6.71 Å². The lowest BCUT2D eigenvalue weighted by atomic mass is 9.34. The molecule has 9 rings (SSSR count). The Morgan fingerprint density at radius 2 is 1.10 bits per heavy atom. The minimum Gasteiger partial charge on any atom is -0.472 e. The summed E-state index contributed by atoms with van der Waals surface area (Å²) in [5.74, 6) is 1.89. The first kappa shape index (κ1) is 43.3. The van der Waals surface area contributed by atoms with Crippen molar-refractivity contribution in [2.24, 2.45) is 17.3 Å². The first-order valence-electron chi connectivity index (χ1n) is 24.1. The van der Waals surface area contributed by atoms with Crippen molar-refractivity contribution in [3.8, 4) is 0 Å². The van der Waals surface area contributed by atoms with Crippen LogP contribution in [0, 0.1) is 17.3 Å². The van der Waals surface area contributed by atoms with Crippen molar-refractivity contribution in [1.82, 2.24) is 0 Å². The van der Waals surface area contributed by atoms with E-state index in [4.69, 9.17) is 4.42 Å². The van der Waals surface area contributed by atoms with Crippen molar-refractivity contribution in [3.63, 3.8) is 0 Å². The summed E-state index contributed by atoms with van der Waals surface area (Å²) in [7, 11) is 0. The molecule has 0 radical (unpaired) electrons. The fourth-order valence-corrected chi connectivity index (χ4v) is 12.1. The Kier molecular flexibility index (Phi) is 9.31. The zero-order valence-corrected chi connectivity index (χ0v) is 42.1. The third kappa shape index (κ3) is 6.40. The summed E-state index contributed by atoms with van der Waals surface area (Å²) >= 11 is 0. The van der Waals surface area contributed by atoms with Crippen molar-refractivity contribution < 1.29 is 4.42 Å². The average molecular weight is 829 g/mol. The Morgan fingerprint density at radius 3 is 1.66 bits per heavy atom. The van der Waals surface area contributed by atoms with Gasteiger partial charge < -0.3 is 14.2 Å². The van der Waals surface area contributed by atoms with Crippen LogP contribution in [-0.2, 0) is 32.5 Å². The Bertz CT molecular complexity index is 2570. The van der Waals surface area contributed by atoms with Crippen molar-refractivity contribution in [1.29, 1.82) is 0 Å². The molecule has 5 aliphatic rings. The highest BCUT2D eigenvalue weighted by Crippen LogP contribution is 2.56. The molecule has 2 aliphatic heterocycles. The minimum atomic E-state index is -0.0902. The van der Waals surface area contributed by atoms with Crippen molar-refractivity contribution in [2.45, 2.75) is 190 Å².